The van der Waals surface area contributed by atoms with Crippen LogP contribution in [0.3, 0.4) is 0 Å². The maximum absolute atomic E-state index is 12.0. The van der Waals surface area contributed by atoms with Crippen molar-refractivity contribution >= 4 is 27.0 Å². The van der Waals surface area contributed by atoms with Crippen LogP contribution in [0.1, 0.15) is 9.88 Å². The highest BCUT2D eigenvalue weighted by Gasteiger charge is 2.13. The third kappa shape index (κ3) is 3.06. The van der Waals surface area contributed by atoms with Gasteiger partial charge in [0.15, 0.2) is 0 Å². The summed E-state index contributed by atoms with van der Waals surface area (Å²) in [5.41, 5.74) is 6.05. The fraction of sp³-hybridized carbons (Fsp3) is 0.182. The Bertz CT molecular complexity index is 633. The van der Waals surface area contributed by atoms with Crippen LogP contribution in [0.5, 0.6) is 0 Å². The molecule has 0 saturated heterocycles. The number of aromatic nitrogens is 1. The number of benzene rings is 1. The van der Waals surface area contributed by atoms with Gasteiger partial charge in [0.25, 0.3) is 0 Å². The molecule has 2 rings (SSSR count). The minimum absolute atomic E-state index is 0.206. The summed E-state index contributed by atoms with van der Waals surface area (Å²) in [5, 5.41) is 0.914. The number of sulfonamides is 1. The highest BCUT2D eigenvalue weighted by atomic mass is 32.2. The lowest BCUT2D eigenvalue weighted by Gasteiger charge is -2.05. The van der Waals surface area contributed by atoms with Crippen molar-refractivity contribution in [3.8, 4) is 0 Å². The minimum atomic E-state index is -3.49. The summed E-state index contributed by atoms with van der Waals surface area (Å²) in [6, 6.07) is 6.09. The van der Waals surface area contributed by atoms with Crippen LogP contribution in [0.2, 0.25) is 0 Å². The molecule has 1 aromatic carbocycles. The molecule has 0 atom stereocenters. The summed E-state index contributed by atoms with van der Waals surface area (Å²) in [4.78, 5) is 5.16. The van der Waals surface area contributed by atoms with E-state index in [-0.39, 0.29) is 11.4 Å². The number of thiazole rings is 1. The summed E-state index contributed by atoms with van der Waals surface area (Å²) >= 11 is 1.47. The zero-order valence-corrected chi connectivity index (χ0v) is 11.4. The van der Waals surface area contributed by atoms with Crippen LogP contribution in [0.4, 0.5) is 5.69 Å². The average molecular weight is 283 g/mol. The minimum Gasteiger partial charge on any atom is -0.399 e. The number of nitrogen functional groups attached to an aromatic ring is 1. The van der Waals surface area contributed by atoms with Gasteiger partial charge in [0.05, 0.1) is 9.90 Å². The lowest BCUT2D eigenvalue weighted by Crippen LogP contribution is -2.22. The van der Waals surface area contributed by atoms with Crippen LogP contribution < -0.4 is 10.5 Å². The van der Waals surface area contributed by atoms with Crippen molar-refractivity contribution in [2.75, 3.05) is 5.73 Å². The first-order valence-corrected chi connectivity index (χ1v) is 7.54. The lowest BCUT2D eigenvalue weighted by molar-refractivity contribution is 0.582. The molecular weight excluding hydrogens is 270 g/mol. The SMILES string of the molecule is Cc1ncc(CNS(=O)(=O)c2ccc(N)cc2)s1. The second-order valence-electron chi connectivity index (χ2n) is 3.74. The number of nitrogens with two attached hydrogens (primary N) is 1. The van der Waals surface area contributed by atoms with Gasteiger partial charge >= 0.3 is 0 Å². The van der Waals surface area contributed by atoms with Crippen molar-refractivity contribution < 1.29 is 8.42 Å². The predicted molar refractivity (Wildman–Crippen MR) is 71.7 cm³/mol. The van der Waals surface area contributed by atoms with Gasteiger partial charge < -0.3 is 5.73 Å². The van der Waals surface area contributed by atoms with Gasteiger partial charge in [-0.2, -0.15) is 0 Å². The standard InChI is InChI=1S/C11H13N3O2S2/c1-8-13-6-10(17-8)7-14-18(15,16)11-4-2-9(12)3-5-11/h2-6,14H,7,12H2,1H3. The molecule has 18 heavy (non-hydrogen) atoms. The molecule has 3 N–H and O–H groups in total. The fourth-order valence-corrected chi connectivity index (χ4v) is 3.22. The normalized spacial score (nSPS) is 11.6. The van der Waals surface area contributed by atoms with Crippen molar-refractivity contribution in [3.05, 3.63) is 40.3 Å². The van der Waals surface area contributed by atoms with E-state index < -0.39 is 10.0 Å². The molecule has 5 nitrogen and oxygen atoms in total. The third-order valence-corrected chi connectivity index (χ3v) is 4.63. The van der Waals surface area contributed by atoms with E-state index >= 15 is 0 Å². The van der Waals surface area contributed by atoms with E-state index in [1.807, 2.05) is 6.92 Å². The first-order valence-electron chi connectivity index (χ1n) is 5.24. The first-order chi connectivity index (χ1) is 8.47. The van der Waals surface area contributed by atoms with E-state index in [2.05, 4.69) is 9.71 Å². The number of nitrogens with one attached hydrogen (secondary N) is 1. The number of nitrogens with zero attached hydrogens (tertiary/aromatic N) is 1. The number of hydrogen-bond acceptors (Lipinski definition) is 5. The molecule has 0 fully saturated rings. The Morgan fingerprint density at radius 1 is 1.33 bits per heavy atom. The fourth-order valence-electron chi connectivity index (χ4n) is 1.38. The largest absolute Gasteiger partial charge is 0.399 e. The molecule has 0 aliphatic heterocycles. The van der Waals surface area contributed by atoms with E-state index in [4.69, 9.17) is 5.73 Å². The molecule has 1 aromatic heterocycles. The molecule has 0 unspecified atom stereocenters. The maximum atomic E-state index is 12.0. The van der Waals surface area contributed by atoms with Crippen molar-refractivity contribution in [2.45, 2.75) is 18.4 Å². The second kappa shape index (κ2) is 5.05. The Balaban J connectivity index is 2.10. The number of hydrogen-bond donors (Lipinski definition) is 2. The summed E-state index contributed by atoms with van der Waals surface area (Å²) in [6.07, 6.45) is 1.67. The van der Waals surface area contributed by atoms with Crippen molar-refractivity contribution in [2.24, 2.45) is 0 Å². The zero-order valence-electron chi connectivity index (χ0n) is 9.75. The van der Waals surface area contributed by atoms with Crippen molar-refractivity contribution in [3.63, 3.8) is 0 Å². The van der Waals surface area contributed by atoms with Gasteiger partial charge in [-0.05, 0) is 31.2 Å². The Labute approximate surface area is 110 Å². The molecule has 0 radical (unpaired) electrons. The summed E-state index contributed by atoms with van der Waals surface area (Å²) in [6.45, 7) is 2.13. The zero-order chi connectivity index (χ0) is 13.2. The third-order valence-electron chi connectivity index (χ3n) is 2.30. The highest BCUT2D eigenvalue weighted by molar-refractivity contribution is 7.89. The average Bonchev–Trinajstić information content (AvgIpc) is 2.73. The van der Waals surface area contributed by atoms with Crippen molar-refractivity contribution in [1.29, 1.82) is 0 Å². The summed E-state index contributed by atoms with van der Waals surface area (Å²) in [7, 11) is -3.49. The van der Waals surface area contributed by atoms with Gasteiger partial charge in [-0.15, -0.1) is 11.3 Å². The highest BCUT2D eigenvalue weighted by Crippen LogP contribution is 2.14. The van der Waals surface area contributed by atoms with E-state index in [0.717, 1.165) is 9.88 Å². The van der Waals surface area contributed by atoms with Gasteiger partial charge in [0.2, 0.25) is 10.0 Å². The smallest absolute Gasteiger partial charge is 0.240 e. The number of rotatable bonds is 4. The number of anilines is 1. The molecular formula is C11H13N3O2S2. The van der Waals surface area contributed by atoms with Crippen molar-refractivity contribution in [1.82, 2.24) is 9.71 Å². The van der Waals surface area contributed by atoms with Crippen LogP contribution in [0.25, 0.3) is 0 Å². The summed E-state index contributed by atoms with van der Waals surface area (Å²) < 4.78 is 26.4. The second-order valence-corrected chi connectivity index (χ2v) is 6.83. The van der Waals surface area contributed by atoms with Crippen LogP contribution >= 0.6 is 11.3 Å². The van der Waals surface area contributed by atoms with E-state index in [9.17, 15) is 8.42 Å². The quantitative estimate of drug-likeness (QED) is 0.833. The monoisotopic (exact) mass is 283 g/mol. The van der Waals surface area contributed by atoms with Gasteiger partial charge in [0, 0.05) is 23.3 Å². The Kier molecular flexibility index (Phi) is 3.65. The van der Waals surface area contributed by atoms with Gasteiger partial charge in [-0.1, -0.05) is 0 Å². The number of aryl methyl sites for hydroxylation is 1. The molecule has 0 aliphatic carbocycles. The van der Waals surface area contributed by atoms with Crippen LogP contribution in [-0.4, -0.2) is 13.4 Å². The van der Waals surface area contributed by atoms with Crippen LogP contribution in [0, 0.1) is 6.92 Å². The van der Waals surface area contributed by atoms with Gasteiger partial charge in [-0.3, -0.25) is 0 Å². The Morgan fingerprint density at radius 3 is 2.56 bits per heavy atom. The maximum Gasteiger partial charge on any atom is 0.240 e. The molecule has 1 heterocycles. The Morgan fingerprint density at radius 2 is 2.00 bits per heavy atom. The molecule has 0 amide bonds. The van der Waals surface area contributed by atoms with Crippen LogP contribution in [-0.2, 0) is 16.6 Å². The molecule has 0 saturated carbocycles. The molecule has 0 bridgehead atoms. The van der Waals surface area contributed by atoms with Gasteiger partial charge in [0.1, 0.15) is 0 Å². The first kappa shape index (κ1) is 13.0. The topological polar surface area (TPSA) is 85.1 Å². The molecule has 7 heteroatoms. The van der Waals surface area contributed by atoms with E-state index in [1.54, 1.807) is 18.3 Å². The van der Waals surface area contributed by atoms with E-state index in [0.29, 0.717) is 5.69 Å². The van der Waals surface area contributed by atoms with E-state index in [1.165, 1.54) is 23.5 Å². The lowest BCUT2D eigenvalue weighted by atomic mass is 10.3. The molecule has 2 aromatic rings. The Hall–Kier alpha value is -1.44. The molecule has 0 aliphatic rings. The van der Waals surface area contributed by atoms with Crippen LogP contribution in [0.15, 0.2) is 35.4 Å². The molecule has 96 valence electrons. The summed E-state index contributed by atoms with van der Waals surface area (Å²) in [5.74, 6) is 0. The predicted octanol–water partition coefficient (Wildman–Crippen LogP) is 1.51. The molecule has 0 spiro atoms. The van der Waals surface area contributed by atoms with Gasteiger partial charge in [-0.25, -0.2) is 18.1 Å².